The molecule has 1 heteroatoms. The number of piperidine rings is 1. The summed E-state index contributed by atoms with van der Waals surface area (Å²) in [6.45, 7) is 6.08. The van der Waals surface area contributed by atoms with Gasteiger partial charge in [0, 0.05) is 0 Å². The van der Waals surface area contributed by atoms with E-state index in [1.54, 1.807) is 5.57 Å². The molecule has 0 spiro atoms. The molecule has 0 saturated carbocycles. The monoisotopic (exact) mass is 191 g/mol. The summed E-state index contributed by atoms with van der Waals surface area (Å²) in [7, 11) is 0. The van der Waals surface area contributed by atoms with E-state index < -0.39 is 0 Å². The quantitative estimate of drug-likeness (QED) is 0.648. The van der Waals surface area contributed by atoms with Crippen LogP contribution in [-0.4, -0.2) is 24.5 Å². The molecule has 1 heterocycles. The average molecular weight is 191 g/mol. The summed E-state index contributed by atoms with van der Waals surface area (Å²) >= 11 is 0. The van der Waals surface area contributed by atoms with Crippen LogP contribution in [0.3, 0.4) is 0 Å². The smallest absolute Gasteiger partial charge is 0.00130 e. The highest BCUT2D eigenvalue weighted by Gasteiger charge is 2.20. The molecule has 1 saturated heterocycles. The normalized spacial score (nSPS) is 25.1. The Hall–Kier alpha value is -0.560. The van der Waals surface area contributed by atoms with Gasteiger partial charge >= 0.3 is 0 Å². The van der Waals surface area contributed by atoms with Gasteiger partial charge in [0.25, 0.3) is 0 Å². The largest absolute Gasteiger partial charge is 0.304 e. The third-order valence-electron chi connectivity index (χ3n) is 3.53. The van der Waals surface area contributed by atoms with E-state index in [4.69, 9.17) is 0 Å². The van der Waals surface area contributed by atoms with Gasteiger partial charge < -0.3 is 4.90 Å². The molecule has 0 N–H and O–H groups in total. The van der Waals surface area contributed by atoms with Crippen LogP contribution in [0.4, 0.5) is 0 Å². The van der Waals surface area contributed by atoms with E-state index in [0.717, 1.165) is 5.92 Å². The van der Waals surface area contributed by atoms with E-state index in [0.29, 0.717) is 0 Å². The zero-order valence-corrected chi connectivity index (χ0v) is 9.21. The summed E-state index contributed by atoms with van der Waals surface area (Å²) in [5.74, 6) is 0.856. The summed E-state index contributed by atoms with van der Waals surface area (Å²) in [6.07, 6.45) is 12.4. The van der Waals surface area contributed by atoms with Crippen molar-refractivity contribution in [1.82, 2.24) is 4.90 Å². The first-order chi connectivity index (χ1) is 6.90. The molecule has 0 radical (unpaired) electrons. The second-order valence-electron chi connectivity index (χ2n) is 4.39. The van der Waals surface area contributed by atoms with E-state index in [1.165, 1.54) is 45.3 Å². The zero-order chi connectivity index (χ0) is 9.80. The first-order valence-corrected chi connectivity index (χ1v) is 5.99. The van der Waals surface area contributed by atoms with Crippen molar-refractivity contribution in [3.05, 3.63) is 23.8 Å². The zero-order valence-electron chi connectivity index (χ0n) is 9.21. The second kappa shape index (κ2) is 4.79. The topological polar surface area (TPSA) is 3.24 Å². The van der Waals surface area contributed by atoms with Gasteiger partial charge in [-0.25, -0.2) is 0 Å². The maximum Gasteiger partial charge on any atom is -0.00130 e. The van der Waals surface area contributed by atoms with E-state index in [9.17, 15) is 0 Å². The number of nitrogens with zero attached hydrogens (tertiary/aromatic N) is 1. The lowest BCUT2D eigenvalue weighted by atomic mass is 9.86. The summed E-state index contributed by atoms with van der Waals surface area (Å²) in [4.78, 5) is 2.56. The van der Waals surface area contributed by atoms with Gasteiger partial charge in [0.15, 0.2) is 0 Å². The molecule has 2 rings (SSSR count). The lowest BCUT2D eigenvalue weighted by Crippen LogP contribution is -2.33. The van der Waals surface area contributed by atoms with Crippen LogP contribution in [0.25, 0.3) is 0 Å². The first kappa shape index (κ1) is 9.97. The molecule has 0 aromatic carbocycles. The van der Waals surface area contributed by atoms with Gasteiger partial charge in [-0.2, -0.15) is 0 Å². The lowest BCUT2D eigenvalue weighted by molar-refractivity contribution is 0.209. The molecule has 14 heavy (non-hydrogen) atoms. The molecular weight excluding hydrogens is 170 g/mol. The molecule has 2 aliphatic rings. The minimum Gasteiger partial charge on any atom is -0.304 e. The molecule has 1 fully saturated rings. The van der Waals surface area contributed by atoms with Crippen LogP contribution in [0.1, 0.15) is 32.6 Å². The highest BCUT2D eigenvalue weighted by Crippen LogP contribution is 2.27. The fourth-order valence-electron chi connectivity index (χ4n) is 2.52. The number of allylic oxidation sites excluding steroid dienone is 4. The van der Waals surface area contributed by atoms with E-state index >= 15 is 0 Å². The standard InChI is InChI=1S/C13H21N/c1-2-14-10-8-13(9-11-14)12-6-4-3-5-7-12/h4,6-7,13H,2-3,5,8-11H2,1H3. The Balaban J connectivity index is 1.88. The molecule has 0 aromatic heterocycles. The predicted octanol–water partition coefficient (Wildman–Crippen LogP) is 2.99. The minimum atomic E-state index is 0.856. The van der Waals surface area contributed by atoms with Crippen molar-refractivity contribution in [3.63, 3.8) is 0 Å². The van der Waals surface area contributed by atoms with Gasteiger partial charge in [-0.05, 0) is 56.8 Å². The van der Waals surface area contributed by atoms with Gasteiger partial charge in [-0.15, -0.1) is 0 Å². The molecule has 1 aliphatic heterocycles. The Bertz CT molecular complexity index is 232. The van der Waals surface area contributed by atoms with Crippen LogP contribution in [0.2, 0.25) is 0 Å². The maximum atomic E-state index is 2.56. The van der Waals surface area contributed by atoms with Crippen molar-refractivity contribution in [2.24, 2.45) is 5.92 Å². The molecular formula is C13H21N. The highest BCUT2D eigenvalue weighted by atomic mass is 15.1. The van der Waals surface area contributed by atoms with Gasteiger partial charge in [0.2, 0.25) is 0 Å². The summed E-state index contributed by atoms with van der Waals surface area (Å²) < 4.78 is 0. The number of hydrogen-bond acceptors (Lipinski definition) is 1. The molecule has 0 unspecified atom stereocenters. The van der Waals surface area contributed by atoms with Crippen molar-refractivity contribution in [1.29, 1.82) is 0 Å². The number of likely N-dealkylation sites (tertiary alicyclic amines) is 1. The molecule has 0 amide bonds. The van der Waals surface area contributed by atoms with Gasteiger partial charge in [-0.1, -0.05) is 25.2 Å². The number of hydrogen-bond donors (Lipinski definition) is 0. The fraction of sp³-hybridized carbons (Fsp3) is 0.692. The summed E-state index contributed by atoms with van der Waals surface area (Å²) in [6, 6.07) is 0. The third kappa shape index (κ3) is 2.27. The molecule has 1 aliphatic carbocycles. The molecule has 0 aromatic rings. The highest BCUT2D eigenvalue weighted by molar-refractivity contribution is 5.25. The summed E-state index contributed by atoms with van der Waals surface area (Å²) in [5, 5.41) is 0. The number of rotatable bonds is 2. The van der Waals surface area contributed by atoms with Crippen LogP contribution in [0.15, 0.2) is 23.8 Å². The Labute approximate surface area is 87.5 Å². The van der Waals surface area contributed by atoms with Crippen molar-refractivity contribution < 1.29 is 0 Å². The van der Waals surface area contributed by atoms with Crippen molar-refractivity contribution >= 4 is 0 Å². The van der Waals surface area contributed by atoms with Gasteiger partial charge in [0.05, 0.1) is 0 Å². The molecule has 0 atom stereocenters. The third-order valence-corrected chi connectivity index (χ3v) is 3.53. The van der Waals surface area contributed by atoms with Crippen LogP contribution < -0.4 is 0 Å². The van der Waals surface area contributed by atoms with Crippen LogP contribution in [0, 0.1) is 5.92 Å². The van der Waals surface area contributed by atoms with Gasteiger partial charge in [0.1, 0.15) is 0 Å². The van der Waals surface area contributed by atoms with Gasteiger partial charge in [-0.3, -0.25) is 0 Å². The van der Waals surface area contributed by atoms with Crippen LogP contribution >= 0.6 is 0 Å². The second-order valence-corrected chi connectivity index (χ2v) is 4.39. The Morgan fingerprint density at radius 3 is 2.64 bits per heavy atom. The van der Waals surface area contributed by atoms with E-state index in [2.05, 4.69) is 30.1 Å². The fourth-order valence-corrected chi connectivity index (χ4v) is 2.52. The Morgan fingerprint density at radius 1 is 1.29 bits per heavy atom. The summed E-state index contributed by atoms with van der Waals surface area (Å²) in [5.41, 5.74) is 1.62. The van der Waals surface area contributed by atoms with E-state index in [1.807, 2.05) is 0 Å². The predicted molar refractivity (Wildman–Crippen MR) is 61.3 cm³/mol. The molecule has 78 valence electrons. The molecule has 1 nitrogen and oxygen atoms in total. The van der Waals surface area contributed by atoms with Crippen LogP contribution in [0.5, 0.6) is 0 Å². The van der Waals surface area contributed by atoms with Crippen molar-refractivity contribution in [2.45, 2.75) is 32.6 Å². The van der Waals surface area contributed by atoms with E-state index in [-0.39, 0.29) is 0 Å². The maximum absolute atomic E-state index is 2.56. The van der Waals surface area contributed by atoms with Crippen molar-refractivity contribution in [3.8, 4) is 0 Å². The SMILES string of the molecule is CCN1CCC(C2=CCCC=C2)CC1. The minimum absolute atomic E-state index is 0.856. The Morgan fingerprint density at radius 2 is 2.07 bits per heavy atom. The Kier molecular flexibility index (Phi) is 3.41. The van der Waals surface area contributed by atoms with Crippen molar-refractivity contribution in [2.75, 3.05) is 19.6 Å². The molecule has 0 bridgehead atoms. The van der Waals surface area contributed by atoms with Crippen LogP contribution in [-0.2, 0) is 0 Å². The lowest BCUT2D eigenvalue weighted by Gasteiger charge is -2.32. The first-order valence-electron chi connectivity index (χ1n) is 5.99. The average Bonchev–Trinajstić information content (AvgIpc) is 2.30.